The van der Waals surface area contributed by atoms with Crippen LogP contribution in [-0.2, 0) is 50.7 Å². The fourth-order valence-corrected chi connectivity index (χ4v) is 8.67. The Hall–Kier alpha value is -2.64. The van der Waals surface area contributed by atoms with Gasteiger partial charge in [0.15, 0.2) is 0 Å². The average Bonchev–Trinajstić information content (AvgIpc) is 3.01. The predicted molar refractivity (Wildman–Crippen MR) is 165 cm³/mol. The van der Waals surface area contributed by atoms with Crippen LogP contribution in [0.1, 0.15) is 156 Å². The first-order valence-corrected chi connectivity index (χ1v) is 21.2. The van der Waals surface area contributed by atoms with Crippen molar-refractivity contribution in [2.24, 2.45) is 0 Å². The predicted octanol–water partition coefficient (Wildman–Crippen LogP) is 5.75. The number of rotatable bonds is 28. The molecule has 45 heavy (non-hydrogen) atoms. The number of unbranched alkanes of at least 4 members (excludes halogenated alkanes) is 12. The third kappa shape index (κ3) is 19.5. The molecule has 0 aliphatic heterocycles. The number of ketones is 4. The summed E-state index contributed by atoms with van der Waals surface area (Å²) >= 11 is -6.82. The number of hydrogen-bond donors (Lipinski definition) is 0. The molecule has 0 N–H and O–H groups in total. The molecule has 0 fully saturated rings. The zero-order valence-electron chi connectivity index (χ0n) is 27.5. The molecule has 0 aromatic heterocycles. The molecule has 0 aromatic carbocycles. The summed E-state index contributed by atoms with van der Waals surface area (Å²) in [7, 11) is 0. The molecule has 0 atom stereocenters. The molecule has 0 aliphatic carbocycles. The van der Waals surface area contributed by atoms with Crippen molar-refractivity contribution in [2.45, 2.75) is 156 Å². The molecule has 13 heteroatoms. The van der Waals surface area contributed by atoms with Crippen molar-refractivity contribution in [3.8, 4) is 0 Å². The van der Waals surface area contributed by atoms with Crippen molar-refractivity contribution in [3.05, 3.63) is 0 Å². The third-order valence-electron chi connectivity index (χ3n) is 6.81. The Balaban J connectivity index is 6.28. The molecule has 0 saturated heterocycles. The van der Waals surface area contributed by atoms with Crippen molar-refractivity contribution >= 4 is 67.0 Å². The minimum atomic E-state index is -6.82. The van der Waals surface area contributed by atoms with Gasteiger partial charge in [-0.15, -0.1) is 0 Å². The van der Waals surface area contributed by atoms with Gasteiger partial charge in [0.25, 0.3) is 0 Å². The summed E-state index contributed by atoms with van der Waals surface area (Å²) in [6.45, 7) is 7.82. The Morgan fingerprint density at radius 1 is 0.333 bits per heavy atom. The molecule has 256 valence electrons. The minimum absolute atomic E-state index is 0.264. The molecule has 12 nitrogen and oxygen atoms in total. The third-order valence-corrected chi connectivity index (χ3v) is 11.8. The van der Waals surface area contributed by atoms with E-state index in [2.05, 4.69) is 0 Å². The number of hydrogen-bond acceptors (Lipinski definition) is 12. The molecule has 0 spiro atoms. The average molecular weight is 747 g/mol. The van der Waals surface area contributed by atoms with Gasteiger partial charge in [-0.05, 0) is 0 Å². The van der Waals surface area contributed by atoms with E-state index >= 15 is 0 Å². The Morgan fingerprint density at radius 3 is 0.711 bits per heavy atom. The van der Waals surface area contributed by atoms with Crippen LogP contribution in [0.2, 0.25) is 0 Å². The SMILES string of the molecule is CCCCCCC(=O)C(=O)[O][Sn]([O]C(=O)C(=O)CCCCCC)([O]C(=O)C(=O)CCCCCC)[O]C(=O)C(=O)CCCCCC. The molecule has 0 amide bonds. The summed E-state index contributed by atoms with van der Waals surface area (Å²) < 4.78 is 20.3. The van der Waals surface area contributed by atoms with Gasteiger partial charge < -0.3 is 0 Å². The van der Waals surface area contributed by atoms with Crippen molar-refractivity contribution in [3.63, 3.8) is 0 Å². The van der Waals surface area contributed by atoms with Crippen molar-refractivity contribution in [2.75, 3.05) is 0 Å². The van der Waals surface area contributed by atoms with Crippen LogP contribution in [0, 0.1) is 0 Å². The van der Waals surface area contributed by atoms with E-state index in [0.29, 0.717) is 51.4 Å². The second-order valence-corrected chi connectivity index (χ2v) is 16.2. The fourth-order valence-electron chi connectivity index (χ4n) is 4.06. The molecular formula is C32H52O12Sn. The van der Waals surface area contributed by atoms with Crippen LogP contribution in [-0.4, -0.2) is 67.0 Å². The van der Waals surface area contributed by atoms with Crippen LogP contribution >= 0.6 is 0 Å². The van der Waals surface area contributed by atoms with Crippen molar-refractivity contribution < 1.29 is 50.7 Å². The van der Waals surface area contributed by atoms with Gasteiger partial charge in [0.2, 0.25) is 0 Å². The number of Topliss-reactive ketones (excluding diaryl/α,β-unsaturated/α-hetero) is 4. The Kier molecular flexibility index (Phi) is 24.0. The maximum absolute atomic E-state index is 12.9. The van der Waals surface area contributed by atoms with Crippen LogP contribution in [0.5, 0.6) is 0 Å². The molecule has 0 radical (unpaired) electrons. The van der Waals surface area contributed by atoms with Gasteiger partial charge in [0.1, 0.15) is 0 Å². The topological polar surface area (TPSA) is 173 Å². The molecule has 0 aliphatic rings. The number of carbonyl (C=O) groups is 8. The van der Waals surface area contributed by atoms with E-state index in [1.807, 2.05) is 27.7 Å². The molecule has 0 heterocycles. The summed E-state index contributed by atoms with van der Waals surface area (Å²) in [6, 6.07) is 0. The standard InChI is InChI=1S/4C8H14O3.Sn/c4*1-2-3-4-5-6-7(9)8(10)11;/h4*2-6H2,1H3,(H,10,11);/q;;;;+4/p-4. The second kappa shape index (κ2) is 25.5. The van der Waals surface area contributed by atoms with E-state index < -0.39 is 67.0 Å². The van der Waals surface area contributed by atoms with Crippen molar-refractivity contribution in [1.82, 2.24) is 0 Å². The molecule has 0 bridgehead atoms. The summed E-state index contributed by atoms with van der Waals surface area (Å²) in [5, 5.41) is 0. The first-order chi connectivity index (χ1) is 21.5. The van der Waals surface area contributed by atoms with E-state index in [1.165, 1.54) is 0 Å². The van der Waals surface area contributed by atoms with Crippen LogP contribution in [0.3, 0.4) is 0 Å². The van der Waals surface area contributed by atoms with Gasteiger partial charge in [0, 0.05) is 0 Å². The van der Waals surface area contributed by atoms with E-state index in [-0.39, 0.29) is 25.7 Å². The van der Waals surface area contributed by atoms with Crippen LogP contribution in [0.4, 0.5) is 0 Å². The molecule has 0 saturated carbocycles. The maximum atomic E-state index is 12.9. The van der Waals surface area contributed by atoms with Gasteiger partial charge in [-0.1, -0.05) is 0 Å². The Morgan fingerprint density at radius 2 is 0.533 bits per heavy atom. The fraction of sp³-hybridized carbons (Fsp3) is 0.750. The Bertz CT molecular complexity index is 833. The van der Waals surface area contributed by atoms with Crippen molar-refractivity contribution in [1.29, 1.82) is 0 Å². The van der Waals surface area contributed by atoms with E-state index in [9.17, 15) is 38.4 Å². The summed E-state index contributed by atoms with van der Waals surface area (Å²) in [5.74, 6) is -10.9. The van der Waals surface area contributed by atoms with Crippen LogP contribution < -0.4 is 0 Å². The zero-order valence-corrected chi connectivity index (χ0v) is 30.4. The summed E-state index contributed by atoms with van der Waals surface area (Å²) in [6.07, 6.45) is 9.47. The van der Waals surface area contributed by atoms with Gasteiger partial charge >= 0.3 is 274 Å². The van der Waals surface area contributed by atoms with Gasteiger partial charge in [-0.25, -0.2) is 0 Å². The van der Waals surface area contributed by atoms with Crippen LogP contribution in [0.25, 0.3) is 0 Å². The second-order valence-electron chi connectivity index (χ2n) is 11.0. The molecule has 0 unspecified atom stereocenters. The van der Waals surface area contributed by atoms with E-state index in [4.69, 9.17) is 12.3 Å². The van der Waals surface area contributed by atoms with E-state index in [0.717, 1.165) is 51.4 Å². The van der Waals surface area contributed by atoms with Gasteiger partial charge in [0.05, 0.1) is 0 Å². The molecular weight excluding hydrogens is 695 g/mol. The van der Waals surface area contributed by atoms with E-state index in [1.54, 1.807) is 0 Å². The molecule has 0 rings (SSSR count). The van der Waals surface area contributed by atoms with Gasteiger partial charge in [-0.2, -0.15) is 0 Å². The summed E-state index contributed by atoms with van der Waals surface area (Å²) in [5.41, 5.74) is 0. The van der Waals surface area contributed by atoms with Crippen LogP contribution in [0.15, 0.2) is 0 Å². The zero-order chi connectivity index (χ0) is 34.1. The first kappa shape index (κ1) is 42.4. The first-order valence-electron chi connectivity index (χ1n) is 16.5. The normalized spacial score (nSPS) is 10.9. The number of carbonyl (C=O) groups excluding carboxylic acids is 8. The Labute approximate surface area is 273 Å². The molecule has 0 aromatic rings. The monoisotopic (exact) mass is 748 g/mol. The quantitative estimate of drug-likeness (QED) is 0.0540. The van der Waals surface area contributed by atoms with Gasteiger partial charge in [-0.3, -0.25) is 0 Å². The summed E-state index contributed by atoms with van der Waals surface area (Å²) in [4.78, 5) is 102.